The second-order valence-corrected chi connectivity index (χ2v) is 17.8. The number of hydrogen-bond donors (Lipinski definition) is 0. The lowest BCUT2D eigenvalue weighted by Gasteiger charge is -2.18. The van der Waals surface area contributed by atoms with Gasteiger partial charge in [0, 0.05) is 19.3 Å². The summed E-state index contributed by atoms with van der Waals surface area (Å²) >= 11 is 0. The summed E-state index contributed by atoms with van der Waals surface area (Å²) in [6.45, 7) is 6.51. The normalized spacial score (nSPS) is 12.3. The predicted molar refractivity (Wildman–Crippen MR) is 279 cm³/mol. The second kappa shape index (κ2) is 53.2. The zero-order chi connectivity index (χ0) is 47.2. The minimum Gasteiger partial charge on any atom is -0.462 e. The van der Waals surface area contributed by atoms with Crippen LogP contribution in [-0.4, -0.2) is 37.2 Å². The highest BCUT2D eigenvalue weighted by molar-refractivity contribution is 5.71. The van der Waals surface area contributed by atoms with Crippen molar-refractivity contribution >= 4 is 17.9 Å². The van der Waals surface area contributed by atoms with E-state index in [0.29, 0.717) is 19.3 Å². The molecule has 0 aliphatic heterocycles. The number of unbranched alkanes of at least 4 members (excludes halogenated alkanes) is 23. The average molecular weight is 905 g/mol. The Kier molecular flexibility index (Phi) is 50.4. The van der Waals surface area contributed by atoms with Crippen molar-refractivity contribution in [2.24, 2.45) is 0 Å². The number of esters is 3. The maximum absolute atomic E-state index is 12.8. The van der Waals surface area contributed by atoms with Gasteiger partial charge >= 0.3 is 17.9 Å². The van der Waals surface area contributed by atoms with Crippen molar-refractivity contribution in [1.29, 1.82) is 0 Å². The Balaban J connectivity index is 4.49. The summed E-state index contributed by atoms with van der Waals surface area (Å²) in [5, 5.41) is 0. The molecule has 0 saturated carbocycles. The van der Waals surface area contributed by atoms with Gasteiger partial charge in [0.1, 0.15) is 13.2 Å². The number of ether oxygens (including phenoxy) is 3. The third kappa shape index (κ3) is 51.4. The second-order valence-electron chi connectivity index (χ2n) is 17.8. The third-order valence-electron chi connectivity index (χ3n) is 11.3. The van der Waals surface area contributed by atoms with Crippen molar-refractivity contribution in [2.75, 3.05) is 13.2 Å². The molecule has 0 aliphatic carbocycles. The van der Waals surface area contributed by atoms with Crippen LogP contribution in [0.25, 0.3) is 0 Å². The summed E-state index contributed by atoms with van der Waals surface area (Å²) < 4.78 is 16.8. The molecule has 0 aromatic heterocycles. The molecule has 0 atom stereocenters. The number of carbonyl (C=O) groups excluding carboxylic acids is 3. The molecule has 0 aromatic carbocycles. The average Bonchev–Trinajstić information content (AvgIpc) is 3.30. The summed E-state index contributed by atoms with van der Waals surface area (Å²) in [6, 6.07) is 0. The number of allylic oxidation sites excluding steroid dienone is 14. The summed E-state index contributed by atoms with van der Waals surface area (Å²) in [6.07, 6.45) is 68.4. The smallest absolute Gasteiger partial charge is 0.306 e. The van der Waals surface area contributed by atoms with Crippen molar-refractivity contribution < 1.29 is 28.6 Å². The van der Waals surface area contributed by atoms with Gasteiger partial charge in [-0.05, 0) is 122 Å². The zero-order valence-electron chi connectivity index (χ0n) is 42.5. The molecular formula is C59H100O6. The van der Waals surface area contributed by atoms with Gasteiger partial charge in [-0.1, -0.05) is 196 Å². The van der Waals surface area contributed by atoms with E-state index in [1.807, 2.05) is 0 Å². The van der Waals surface area contributed by atoms with Crippen LogP contribution in [0.3, 0.4) is 0 Å². The molecule has 0 aromatic rings. The summed E-state index contributed by atoms with van der Waals surface area (Å²) in [7, 11) is 0. The van der Waals surface area contributed by atoms with E-state index >= 15 is 0 Å². The van der Waals surface area contributed by atoms with Gasteiger partial charge in [-0.15, -0.1) is 0 Å². The Hall–Kier alpha value is -3.41. The van der Waals surface area contributed by atoms with E-state index in [9.17, 15) is 14.4 Å². The van der Waals surface area contributed by atoms with Crippen LogP contribution < -0.4 is 0 Å². The van der Waals surface area contributed by atoms with Crippen LogP contribution in [0.5, 0.6) is 0 Å². The lowest BCUT2D eigenvalue weighted by Crippen LogP contribution is -2.30. The van der Waals surface area contributed by atoms with Gasteiger partial charge in [0.15, 0.2) is 6.10 Å². The zero-order valence-corrected chi connectivity index (χ0v) is 42.5. The number of carbonyl (C=O) groups is 3. The van der Waals surface area contributed by atoms with Gasteiger partial charge < -0.3 is 14.2 Å². The van der Waals surface area contributed by atoms with Crippen LogP contribution in [0, 0.1) is 0 Å². The standard InChI is InChI=1S/C59H100O6/c1-4-7-10-13-16-19-22-25-28-29-32-35-38-41-44-47-50-53-59(62)65-56(54-63-57(60)51-48-45-42-39-36-33-30-26-23-20-17-14-11-8-5-2)55-64-58(61)52-49-46-43-40-37-34-31-27-24-21-18-15-12-9-6-3/h16-21,25-28,30-32,35,56H,4-15,22-24,29,33-34,36-55H2,1-3H3/b19-16-,20-17-,21-18-,28-25-,30-26-,31-27-,35-32-. The van der Waals surface area contributed by atoms with E-state index in [1.54, 1.807) is 0 Å². The molecule has 372 valence electrons. The van der Waals surface area contributed by atoms with Crippen molar-refractivity contribution in [3.63, 3.8) is 0 Å². The molecule has 65 heavy (non-hydrogen) atoms. The summed E-state index contributed by atoms with van der Waals surface area (Å²) in [5.74, 6) is -0.945. The van der Waals surface area contributed by atoms with Crippen LogP contribution >= 0.6 is 0 Å². The Labute approximate surface area is 401 Å². The van der Waals surface area contributed by atoms with Crippen LogP contribution in [0.2, 0.25) is 0 Å². The summed E-state index contributed by atoms with van der Waals surface area (Å²) in [4.78, 5) is 38.1. The molecule has 0 heterocycles. The molecule has 0 rings (SSSR count). The molecule has 0 N–H and O–H groups in total. The van der Waals surface area contributed by atoms with Crippen molar-refractivity contribution in [3.8, 4) is 0 Å². The monoisotopic (exact) mass is 905 g/mol. The maximum atomic E-state index is 12.8. The SMILES string of the molecule is CCCCC/C=C\C/C=C\C/C=C\CCCCCCC(=O)OC(COC(=O)CCCCCCC/C=C\C/C=C\CCCCC)COC(=O)CCCCCCC/C=C\C/C=C\CCCCC. The molecule has 0 amide bonds. The molecule has 6 heteroatoms. The molecule has 0 fully saturated rings. The van der Waals surface area contributed by atoms with Gasteiger partial charge in [-0.3, -0.25) is 14.4 Å². The maximum Gasteiger partial charge on any atom is 0.306 e. The van der Waals surface area contributed by atoms with Gasteiger partial charge in [0.25, 0.3) is 0 Å². The first-order valence-corrected chi connectivity index (χ1v) is 27.1. The number of hydrogen-bond acceptors (Lipinski definition) is 6. The molecular weight excluding hydrogens is 805 g/mol. The van der Waals surface area contributed by atoms with E-state index < -0.39 is 6.10 Å². The van der Waals surface area contributed by atoms with Gasteiger partial charge in [0.05, 0.1) is 0 Å². The first kappa shape index (κ1) is 61.6. The molecule has 0 radical (unpaired) electrons. The largest absolute Gasteiger partial charge is 0.462 e. The summed E-state index contributed by atoms with van der Waals surface area (Å²) in [5.41, 5.74) is 0. The Morgan fingerprint density at radius 2 is 0.554 bits per heavy atom. The highest BCUT2D eigenvalue weighted by Gasteiger charge is 2.19. The van der Waals surface area contributed by atoms with Crippen molar-refractivity contribution in [3.05, 3.63) is 85.1 Å². The van der Waals surface area contributed by atoms with E-state index in [-0.39, 0.29) is 31.1 Å². The lowest BCUT2D eigenvalue weighted by molar-refractivity contribution is -0.167. The third-order valence-corrected chi connectivity index (χ3v) is 11.3. The van der Waals surface area contributed by atoms with Crippen LogP contribution in [0.15, 0.2) is 85.1 Å². The topological polar surface area (TPSA) is 78.9 Å². The highest BCUT2D eigenvalue weighted by atomic mass is 16.6. The quantitative estimate of drug-likeness (QED) is 0.0262. The fourth-order valence-electron chi connectivity index (χ4n) is 7.21. The fourth-order valence-corrected chi connectivity index (χ4v) is 7.21. The first-order valence-electron chi connectivity index (χ1n) is 27.1. The molecule has 6 nitrogen and oxygen atoms in total. The molecule has 0 bridgehead atoms. The van der Waals surface area contributed by atoms with Crippen LogP contribution in [0.4, 0.5) is 0 Å². The Morgan fingerprint density at radius 1 is 0.308 bits per heavy atom. The van der Waals surface area contributed by atoms with E-state index in [0.717, 1.165) is 135 Å². The Bertz CT molecular complexity index is 1210. The van der Waals surface area contributed by atoms with Gasteiger partial charge in [-0.25, -0.2) is 0 Å². The van der Waals surface area contributed by atoms with Crippen molar-refractivity contribution in [1.82, 2.24) is 0 Å². The first-order chi connectivity index (χ1) is 32.0. The molecule has 0 unspecified atom stereocenters. The van der Waals surface area contributed by atoms with Gasteiger partial charge in [-0.2, -0.15) is 0 Å². The molecule has 0 spiro atoms. The van der Waals surface area contributed by atoms with Gasteiger partial charge in [0.2, 0.25) is 0 Å². The van der Waals surface area contributed by atoms with E-state index in [2.05, 4.69) is 106 Å². The predicted octanol–water partition coefficient (Wildman–Crippen LogP) is 18.0. The van der Waals surface area contributed by atoms with E-state index in [1.165, 1.54) is 77.0 Å². The minimum absolute atomic E-state index is 0.0981. The van der Waals surface area contributed by atoms with Crippen LogP contribution in [0.1, 0.15) is 252 Å². The van der Waals surface area contributed by atoms with Crippen LogP contribution in [-0.2, 0) is 28.6 Å². The molecule has 0 saturated heterocycles. The van der Waals surface area contributed by atoms with E-state index in [4.69, 9.17) is 14.2 Å². The van der Waals surface area contributed by atoms with Crippen molar-refractivity contribution in [2.45, 2.75) is 258 Å². The highest BCUT2D eigenvalue weighted by Crippen LogP contribution is 2.13. The molecule has 0 aliphatic rings. The Morgan fingerprint density at radius 3 is 0.862 bits per heavy atom. The lowest BCUT2D eigenvalue weighted by atomic mass is 10.1. The number of rotatable bonds is 48. The minimum atomic E-state index is -0.800. The fraction of sp³-hybridized carbons (Fsp3) is 0.712.